The lowest BCUT2D eigenvalue weighted by molar-refractivity contribution is 0.665. The summed E-state index contributed by atoms with van der Waals surface area (Å²) in [5, 5.41) is 1.14. The number of hydrogen-bond donors (Lipinski definition) is 1. The van der Waals surface area contributed by atoms with Crippen molar-refractivity contribution in [1.29, 1.82) is 0 Å². The number of nitrogens with two attached hydrogens (primary N) is 1. The minimum absolute atomic E-state index is 0.480. The monoisotopic (exact) mass is 244 g/mol. The highest BCUT2D eigenvalue weighted by Gasteiger charge is 2.02. The lowest BCUT2D eigenvalue weighted by atomic mass is 10.2. The van der Waals surface area contributed by atoms with E-state index in [-0.39, 0.29) is 0 Å². The van der Waals surface area contributed by atoms with Crippen molar-refractivity contribution >= 4 is 29.0 Å². The van der Waals surface area contributed by atoms with Crippen LogP contribution in [0.5, 0.6) is 0 Å². The van der Waals surface area contributed by atoms with Crippen LogP contribution >= 0.6 is 23.2 Å². The summed E-state index contributed by atoms with van der Waals surface area (Å²) >= 11 is 11.7. The molecule has 1 aromatic rings. The molecular formula is C11H14Cl2N2. The first-order valence-electron chi connectivity index (χ1n) is 4.75. The molecule has 0 saturated heterocycles. The zero-order valence-corrected chi connectivity index (χ0v) is 10.3. The third-order valence-electron chi connectivity index (χ3n) is 1.79. The molecule has 15 heavy (non-hydrogen) atoms. The van der Waals surface area contributed by atoms with Gasteiger partial charge in [0, 0.05) is 22.2 Å². The highest BCUT2D eigenvalue weighted by atomic mass is 35.5. The van der Waals surface area contributed by atoms with E-state index in [9.17, 15) is 0 Å². The van der Waals surface area contributed by atoms with Crippen LogP contribution in [0.15, 0.2) is 23.2 Å². The minimum atomic E-state index is 0.480. The van der Waals surface area contributed by atoms with Crippen molar-refractivity contribution in [1.82, 2.24) is 0 Å². The van der Waals surface area contributed by atoms with Gasteiger partial charge in [0.25, 0.3) is 0 Å². The SMILES string of the molecule is CC(C)CN=C(N)c1cc(Cl)cc(Cl)c1. The van der Waals surface area contributed by atoms with E-state index in [0.717, 1.165) is 5.56 Å². The molecule has 0 saturated carbocycles. The normalized spacial score (nSPS) is 12.2. The number of halogens is 2. The fourth-order valence-electron chi connectivity index (χ4n) is 1.07. The molecule has 0 amide bonds. The quantitative estimate of drug-likeness (QED) is 0.643. The van der Waals surface area contributed by atoms with Crippen molar-refractivity contribution < 1.29 is 0 Å². The Kier molecular flexibility index (Phi) is 4.43. The number of aliphatic imine (C=N–C) groups is 1. The Morgan fingerprint density at radius 3 is 2.27 bits per heavy atom. The van der Waals surface area contributed by atoms with E-state index < -0.39 is 0 Å². The molecule has 0 fully saturated rings. The van der Waals surface area contributed by atoms with Gasteiger partial charge in [0.1, 0.15) is 5.84 Å². The van der Waals surface area contributed by atoms with E-state index in [1.165, 1.54) is 0 Å². The molecule has 0 heterocycles. The Morgan fingerprint density at radius 1 is 1.27 bits per heavy atom. The van der Waals surface area contributed by atoms with Crippen molar-refractivity contribution in [2.24, 2.45) is 16.6 Å². The zero-order valence-electron chi connectivity index (χ0n) is 8.80. The van der Waals surface area contributed by atoms with E-state index in [0.29, 0.717) is 28.3 Å². The van der Waals surface area contributed by atoms with Crippen LogP contribution in [0.4, 0.5) is 0 Å². The molecule has 0 aromatic heterocycles. The summed E-state index contributed by atoms with van der Waals surface area (Å²) in [7, 11) is 0. The van der Waals surface area contributed by atoms with Crippen LogP contribution in [0.25, 0.3) is 0 Å². The summed E-state index contributed by atoms with van der Waals surface area (Å²) in [5.74, 6) is 0.964. The maximum absolute atomic E-state index is 5.86. The van der Waals surface area contributed by atoms with Gasteiger partial charge >= 0.3 is 0 Å². The lowest BCUT2D eigenvalue weighted by Crippen LogP contribution is -2.15. The predicted octanol–water partition coefficient (Wildman–Crippen LogP) is 3.35. The molecule has 1 aromatic carbocycles. The second-order valence-corrected chi connectivity index (χ2v) is 4.65. The van der Waals surface area contributed by atoms with E-state index in [4.69, 9.17) is 28.9 Å². The Hall–Kier alpha value is -0.730. The summed E-state index contributed by atoms with van der Waals surface area (Å²) in [6, 6.07) is 5.18. The zero-order chi connectivity index (χ0) is 11.4. The Balaban J connectivity index is 2.90. The summed E-state index contributed by atoms with van der Waals surface area (Å²) in [4.78, 5) is 4.25. The molecule has 0 radical (unpaired) electrons. The van der Waals surface area contributed by atoms with Crippen LogP contribution in [0.1, 0.15) is 19.4 Å². The first-order chi connectivity index (χ1) is 6.99. The average molecular weight is 245 g/mol. The molecule has 2 nitrogen and oxygen atoms in total. The fraction of sp³-hybridized carbons (Fsp3) is 0.364. The van der Waals surface area contributed by atoms with Gasteiger partial charge in [0.15, 0.2) is 0 Å². The summed E-state index contributed by atoms with van der Waals surface area (Å²) in [6.45, 7) is 4.87. The van der Waals surface area contributed by atoms with Gasteiger partial charge in [-0.05, 0) is 24.1 Å². The number of hydrogen-bond acceptors (Lipinski definition) is 1. The van der Waals surface area contributed by atoms with Crippen molar-refractivity contribution in [2.45, 2.75) is 13.8 Å². The summed E-state index contributed by atoms with van der Waals surface area (Å²) in [5.41, 5.74) is 6.59. The van der Waals surface area contributed by atoms with Gasteiger partial charge in [-0.2, -0.15) is 0 Å². The molecule has 2 N–H and O–H groups in total. The van der Waals surface area contributed by atoms with Crippen LogP contribution in [0.2, 0.25) is 10.0 Å². The van der Waals surface area contributed by atoms with Crippen molar-refractivity contribution in [3.8, 4) is 0 Å². The molecule has 0 bridgehead atoms. The Labute approximate surface area is 100 Å². The van der Waals surface area contributed by atoms with Crippen molar-refractivity contribution in [3.63, 3.8) is 0 Å². The fourth-order valence-corrected chi connectivity index (χ4v) is 1.60. The topological polar surface area (TPSA) is 38.4 Å². The largest absolute Gasteiger partial charge is 0.384 e. The smallest absolute Gasteiger partial charge is 0.125 e. The van der Waals surface area contributed by atoms with Crippen molar-refractivity contribution in [3.05, 3.63) is 33.8 Å². The summed E-state index contributed by atoms with van der Waals surface area (Å²) < 4.78 is 0. The molecule has 0 aliphatic rings. The predicted molar refractivity (Wildman–Crippen MR) is 66.9 cm³/mol. The second kappa shape index (κ2) is 5.38. The van der Waals surface area contributed by atoms with Crippen LogP contribution in [0, 0.1) is 5.92 Å². The minimum Gasteiger partial charge on any atom is -0.384 e. The molecular weight excluding hydrogens is 231 g/mol. The van der Waals surface area contributed by atoms with Crippen LogP contribution < -0.4 is 5.73 Å². The van der Waals surface area contributed by atoms with Crippen LogP contribution in [-0.4, -0.2) is 12.4 Å². The summed E-state index contributed by atoms with van der Waals surface area (Å²) in [6.07, 6.45) is 0. The van der Waals surface area contributed by atoms with E-state index in [1.807, 2.05) is 0 Å². The number of amidine groups is 1. The maximum atomic E-state index is 5.86. The van der Waals surface area contributed by atoms with Gasteiger partial charge in [-0.15, -0.1) is 0 Å². The first kappa shape index (κ1) is 12.3. The molecule has 0 spiro atoms. The highest BCUT2D eigenvalue weighted by Crippen LogP contribution is 2.18. The number of rotatable bonds is 3. The second-order valence-electron chi connectivity index (χ2n) is 3.78. The van der Waals surface area contributed by atoms with Gasteiger partial charge in [-0.25, -0.2) is 0 Å². The molecule has 0 unspecified atom stereocenters. The molecule has 4 heteroatoms. The Morgan fingerprint density at radius 2 is 1.80 bits per heavy atom. The van der Waals surface area contributed by atoms with Crippen LogP contribution in [-0.2, 0) is 0 Å². The Bertz CT molecular complexity index is 353. The highest BCUT2D eigenvalue weighted by molar-refractivity contribution is 6.35. The standard InChI is InChI=1S/C11H14Cl2N2/c1-7(2)6-15-11(14)8-3-9(12)5-10(13)4-8/h3-5,7H,6H2,1-2H3,(H2,14,15). The van der Waals surface area contributed by atoms with Gasteiger partial charge in [-0.3, -0.25) is 4.99 Å². The van der Waals surface area contributed by atoms with Gasteiger partial charge in [-0.1, -0.05) is 37.0 Å². The van der Waals surface area contributed by atoms with Gasteiger partial charge in [0.2, 0.25) is 0 Å². The van der Waals surface area contributed by atoms with Crippen molar-refractivity contribution in [2.75, 3.05) is 6.54 Å². The van der Waals surface area contributed by atoms with E-state index >= 15 is 0 Å². The maximum Gasteiger partial charge on any atom is 0.125 e. The lowest BCUT2D eigenvalue weighted by Gasteiger charge is -2.04. The third-order valence-corrected chi connectivity index (χ3v) is 2.22. The number of benzene rings is 1. The first-order valence-corrected chi connectivity index (χ1v) is 5.51. The average Bonchev–Trinajstić information content (AvgIpc) is 2.12. The molecule has 82 valence electrons. The molecule has 1 rings (SSSR count). The van der Waals surface area contributed by atoms with E-state index in [1.54, 1.807) is 18.2 Å². The molecule has 0 aliphatic carbocycles. The molecule has 0 aliphatic heterocycles. The number of nitrogens with zero attached hydrogens (tertiary/aromatic N) is 1. The third kappa shape index (κ3) is 4.10. The van der Waals surface area contributed by atoms with Crippen LogP contribution in [0.3, 0.4) is 0 Å². The van der Waals surface area contributed by atoms with Gasteiger partial charge < -0.3 is 5.73 Å². The van der Waals surface area contributed by atoms with E-state index in [2.05, 4.69) is 18.8 Å². The van der Waals surface area contributed by atoms with Gasteiger partial charge in [0.05, 0.1) is 0 Å². The molecule has 0 atom stereocenters.